The van der Waals surface area contributed by atoms with Crippen molar-refractivity contribution in [1.82, 2.24) is 0 Å². The summed E-state index contributed by atoms with van der Waals surface area (Å²) < 4.78 is 19.8. The van der Waals surface area contributed by atoms with E-state index in [0.29, 0.717) is 16.1 Å². The number of alkyl halides is 1. The highest BCUT2D eigenvalue weighted by Crippen LogP contribution is 2.55. The monoisotopic (exact) mass is 340 g/mol. The fourth-order valence-electron chi connectivity index (χ4n) is 3.70. The van der Waals surface area contributed by atoms with Crippen molar-refractivity contribution in [3.63, 3.8) is 0 Å². The van der Waals surface area contributed by atoms with Gasteiger partial charge in [-0.25, -0.2) is 4.39 Å². The van der Waals surface area contributed by atoms with Crippen LogP contribution in [0.5, 0.6) is 5.75 Å². The Bertz CT molecular complexity index is 480. The number of rotatable bonds is 2. The van der Waals surface area contributed by atoms with Crippen molar-refractivity contribution >= 4 is 15.9 Å². The molecule has 0 heterocycles. The molecule has 3 heteroatoms. The summed E-state index contributed by atoms with van der Waals surface area (Å²) in [6.45, 7) is 1.78. The van der Waals surface area contributed by atoms with E-state index in [-0.39, 0.29) is 17.3 Å². The Labute approximate surface area is 129 Å². The number of hydrogen-bond acceptors (Lipinski definition) is 1. The van der Waals surface area contributed by atoms with Gasteiger partial charge >= 0.3 is 0 Å². The van der Waals surface area contributed by atoms with Crippen LogP contribution in [0, 0.1) is 18.2 Å². The molecule has 0 saturated heterocycles. The summed E-state index contributed by atoms with van der Waals surface area (Å²) in [4.78, 5) is 0.563. The smallest absolute Gasteiger partial charge is 0.129 e. The third kappa shape index (κ3) is 2.49. The van der Waals surface area contributed by atoms with Gasteiger partial charge in [-0.15, -0.1) is 0 Å². The summed E-state index contributed by atoms with van der Waals surface area (Å²) in [5, 5.41) is 0. The molecule has 2 aliphatic rings. The van der Waals surface area contributed by atoms with Gasteiger partial charge in [-0.1, -0.05) is 47.7 Å². The van der Waals surface area contributed by atoms with Gasteiger partial charge in [0.05, 0.1) is 0 Å². The molecule has 0 bridgehead atoms. The van der Waals surface area contributed by atoms with Gasteiger partial charge in [0.1, 0.15) is 17.7 Å². The fraction of sp³-hybridized carbons (Fsp3) is 0.647. The highest BCUT2D eigenvalue weighted by atomic mass is 79.9. The summed E-state index contributed by atoms with van der Waals surface area (Å²) in [7, 11) is 0. The fourth-order valence-corrected chi connectivity index (χ4v) is 4.79. The molecule has 0 aromatic heterocycles. The lowest BCUT2D eigenvalue weighted by Crippen LogP contribution is -2.56. The minimum atomic E-state index is -0.174. The first-order valence-corrected chi connectivity index (χ1v) is 8.60. The van der Waals surface area contributed by atoms with E-state index in [9.17, 15) is 4.39 Å². The zero-order valence-electron chi connectivity index (χ0n) is 12.0. The highest BCUT2D eigenvalue weighted by molar-refractivity contribution is 9.09. The van der Waals surface area contributed by atoms with E-state index in [2.05, 4.69) is 15.9 Å². The first kappa shape index (κ1) is 14.4. The molecule has 2 unspecified atom stereocenters. The van der Waals surface area contributed by atoms with E-state index < -0.39 is 0 Å². The second kappa shape index (κ2) is 5.67. The highest BCUT2D eigenvalue weighted by Gasteiger charge is 2.54. The zero-order chi connectivity index (χ0) is 14.2. The normalized spacial score (nSPS) is 28.8. The molecule has 0 aliphatic heterocycles. The summed E-state index contributed by atoms with van der Waals surface area (Å²) in [6, 6.07) is 5.22. The van der Waals surface area contributed by atoms with Gasteiger partial charge in [0.25, 0.3) is 0 Å². The number of aryl methyl sites for hydroxylation is 1. The second-order valence-electron chi connectivity index (χ2n) is 6.37. The van der Waals surface area contributed by atoms with Crippen LogP contribution in [0.15, 0.2) is 18.2 Å². The van der Waals surface area contributed by atoms with Gasteiger partial charge in [-0.3, -0.25) is 0 Å². The molecule has 3 rings (SSSR count). The lowest BCUT2D eigenvalue weighted by Gasteiger charge is -2.53. The number of hydrogen-bond donors (Lipinski definition) is 0. The van der Waals surface area contributed by atoms with Crippen molar-refractivity contribution in [1.29, 1.82) is 0 Å². The Morgan fingerprint density at radius 3 is 2.50 bits per heavy atom. The molecule has 2 saturated carbocycles. The van der Waals surface area contributed by atoms with E-state index in [1.807, 2.05) is 6.07 Å². The topological polar surface area (TPSA) is 9.23 Å². The van der Waals surface area contributed by atoms with Crippen molar-refractivity contribution in [3.05, 3.63) is 29.6 Å². The van der Waals surface area contributed by atoms with E-state index in [1.165, 1.54) is 44.6 Å². The maximum Gasteiger partial charge on any atom is 0.129 e. The summed E-state index contributed by atoms with van der Waals surface area (Å²) >= 11 is 3.84. The van der Waals surface area contributed by atoms with Crippen molar-refractivity contribution in [2.75, 3.05) is 0 Å². The Morgan fingerprint density at radius 1 is 1.20 bits per heavy atom. The summed E-state index contributed by atoms with van der Waals surface area (Å²) in [6.07, 6.45) is 9.03. The van der Waals surface area contributed by atoms with E-state index in [0.717, 1.165) is 6.42 Å². The molecule has 1 aromatic rings. The number of halogens is 2. The van der Waals surface area contributed by atoms with Gasteiger partial charge < -0.3 is 4.74 Å². The van der Waals surface area contributed by atoms with Crippen LogP contribution >= 0.6 is 15.9 Å². The Morgan fingerprint density at radius 2 is 1.90 bits per heavy atom. The maximum absolute atomic E-state index is 13.6. The molecular formula is C17H22BrFO. The van der Waals surface area contributed by atoms with E-state index >= 15 is 0 Å². The molecule has 1 nitrogen and oxygen atoms in total. The maximum atomic E-state index is 13.6. The first-order valence-electron chi connectivity index (χ1n) is 7.69. The predicted octanol–water partition coefficient (Wildman–Crippen LogP) is 5.39. The molecule has 1 aromatic carbocycles. The van der Waals surface area contributed by atoms with Crippen LogP contribution in [0.1, 0.15) is 50.5 Å². The van der Waals surface area contributed by atoms with Crippen molar-refractivity contribution in [2.24, 2.45) is 5.41 Å². The molecule has 2 aliphatic carbocycles. The van der Waals surface area contributed by atoms with Crippen molar-refractivity contribution in [2.45, 2.75) is 62.8 Å². The van der Waals surface area contributed by atoms with Crippen LogP contribution in [0.4, 0.5) is 4.39 Å². The van der Waals surface area contributed by atoms with Crippen LogP contribution in [0.3, 0.4) is 0 Å². The predicted molar refractivity (Wildman–Crippen MR) is 83.0 cm³/mol. The molecular weight excluding hydrogens is 319 g/mol. The molecule has 0 amide bonds. The Hall–Kier alpha value is -0.570. The molecule has 20 heavy (non-hydrogen) atoms. The van der Waals surface area contributed by atoms with Crippen molar-refractivity contribution in [3.8, 4) is 5.75 Å². The molecule has 0 N–H and O–H groups in total. The minimum Gasteiger partial charge on any atom is -0.490 e. The molecule has 2 fully saturated rings. The van der Waals surface area contributed by atoms with Crippen LogP contribution in [0.2, 0.25) is 0 Å². The Balaban J connectivity index is 1.75. The molecule has 110 valence electrons. The lowest BCUT2D eigenvalue weighted by molar-refractivity contribution is -0.0463. The molecule has 0 radical (unpaired) electrons. The van der Waals surface area contributed by atoms with E-state index in [1.54, 1.807) is 13.0 Å². The average molecular weight is 341 g/mol. The number of benzene rings is 1. The first-order chi connectivity index (χ1) is 9.62. The zero-order valence-corrected chi connectivity index (χ0v) is 13.6. The van der Waals surface area contributed by atoms with Gasteiger partial charge in [0.2, 0.25) is 0 Å². The SMILES string of the molecule is Cc1ccc(OC2CC(Br)C23CCCCCC3)cc1F. The number of ether oxygens (including phenoxy) is 1. The van der Waals surface area contributed by atoms with Gasteiger partial charge in [-0.2, -0.15) is 0 Å². The second-order valence-corrected chi connectivity index (χ2v) is 7.47. The van der Waals surface area contributed by atoms with Crippen LogP contribution in [0.25, 0.3) is 0 Å². The van der Waals surface area contributed by atoms with Crippen LogP contribution in [-0.2, 0) is 0 Å². The summed E-state index contributed by atoms with van der Waals surface area (Å²) in [5.41, 5.74) is 0.950. The third-order valence-electron chi connectivity index (χ3n) is 5.14. The standard InChI is InChI=1S/C17H22BrFO/c1-12-6-7-13(10-14(12)19)20-16-11-15(18)17(16)8-4-2-3-5-9-17/h6-7,10,15-16H,2-5,8-9,11H2,1H3. The molecule has 1 spiro atoms. The molecule has 2 atom stereocenters. The quantitative estimate of drug-likeness (QED) is 0.656. The summed E-state index contributed by atoms with van der Waals surface area (Å²) in [5.74, 6) is 0.508. The van der Waals surface area contributed by atoms with Gasteiger partial charge in [-0.05, 0) is 37.8 Å². The van der Waals surface area contributed by atoms with E-state index in [4.69, 9.17) is 4.74 Å². The van der Waals surface area contributed by atoms with Crippen LogP contribution in [-0.4, -0.2) is 10.9 Å². The lowest BCUT2D eigenvalue weighted by atomic mass is 9.61. The third-order valence-corrected chi connectivity index (χ3v) is 6.43. The minimum absolute atomic E-state index is 0.174. The largest absolute Gasteiger partial charge is 0.490 e. The van der Waals surface area contributed by atoms with Crippen LogP contribution < -0.4 is 4.74 Å². The Kier molecular flexibility index (Phi) is 4.07. The average Bonchev–Trinajstić information content (AvgIpc) is 2.70. The van der Waals surface area contributed by atoms with Gasteiger partial charge in [0, 0.05) is 16.3 Å². The van der Waals surface area contributed by atoms with Gasteiger partial charge in [0.15, 0.2) is 0 Å². The van der Waals surface area contributed by atoms with Crippen molar-refractivity contribution < 1.29 is 9.13 Å².